The van der Waals surface area contributed by atoms with Gasteiger partial charge in [0, 0.05) is 12.6 Å². The Hall–Kier alpha value is -0.970. The quantitative estimate of drug-likeness (QED) is 0.766. The van der Waals surface area contributed by atoms with Crippen molar-refractivity contribution in [3.05, 3.63) is 5.82 Å². The highest BCUT2D eigenvalue weighted by atomic mass is 15.5. The predicted octanol–water partition coefficient (Wildman–Crippen LogP) is 1.61. The fraction of sp³-hybridized carbons (Fsp3) is 0.909. The van der Waals surface area contributed by atoms with E-state index in [4.69, 9.17) is 0 Å². The molecule has 0 bridgehead atoms. The van der Waals surface area contributed by atoms with E-state index in [1.165, 1.54) is 6.42 Å². The Bertz CT molecular complexity index is 292. The minimum absolute atomic E-state index is 0.459. The zero-order chi connectivity index (χ0) is 12.0. The van der Waals surface area contributed by atoms with Crippen LogP contribution in [0, 0.1) is 5.92 Å². The van der Waals surface area contributed by atoms with Gasteiger partial charge in [0.05, 0.1) is 6.54 Å². The molecule has 92 valence electrons. The third kappa shape index (κ3) is 4.70. The van der Waals surface area contributed by atoms with Gasteiger partial charge >= 0.3 is 0 Å². The molecule has 0 saturated carbocycles. The Kier molecular flexibility index (Phi) is 5.38. The maximum Gasteiger partial charge on any atom is 0.165 e. The predicted molar refractivity (Wildman–Crippen MR) is 63.9 cm³/mol. The lowest BCUT2D eigenvalue weighted by molar-refractivity contribution is 0.461. The third-order valence-corrected chi connectivity index (χ3v) is 2.43. The summed E-state index contributed by atoms with van der Waals surface area (Å²) in [6, 6.07) is 0.459. The Labute approximate surface area is 97.6 Å². The van der Waals surface area contributed by atoms with Crippen molar-refractivity contribution in [2.45, 2.75) is 59.7 Å². The first-order valence-corrected chi connectivity index (χ1v) is 6.08. The number of nitrogens with one attached hydrogen (secondary N) is 1. The minimum Gasteiger partial charge on any atom is -0.308 e. The molecule has 0 radical (unpaired) electrons. The second-order valence-electron chi connectivity index (χ2n) is 4.89. The van der Waals surface area contributed by atoms with Crippen LogP contribution < -0.4 is 5.32 Å². The van der Waals surface area contributed by atoms with Gasteiger partial charge in [-0.15, -0.1) is 5.10 Å². The Morgan fingerprint density at radius 1 is 1.25 bits per heavy atom. The van der Waals surface area contributed by atoms with E-state index in [-0.39, 0.29) is 0 Å². The van der Waals surface area contributed by atoms with Crippen molar-refractivity contribution in [2.24, 2.45) is 5.92 Å². The normalized spacial score (nSPS) is 11.6. The molecule has 5 nitrogen and oxygen atoms in total. The molecule has 1 rings (SSSR count). The molecule has 0 unspecified atom stereocenters. The van der Waals surface area contributed by atoms with E-state index in [9.17, 15) is 0 Å². The van der Waals surface area contributed by atoms with Gasteiger partial charge in [0.15, 0.2) is 5.82 Å². The monoisotopic (exact) mass is 225 g/mol. The summed E-state index contributed by atoms with van der Waals surface area (Å²) in [5.41, 5.74) is 0. The second-order valence-corrected chi connectivity index (χ2v) is 4.89. The highest BCUT2D eigenvalue weighted by Crippen LogP contribution is 2.05. The zero-order valence-electron chi connectivity index (χ0n) is 10.8. The maximum absolute atomic E-state index is 4.03. The number of nitrogens with zero attached hydrogens (tertiary/aromatic N) is 4. The first-order valence-electron chi connectivity index (χ1n) is 6.08. The van der Waals surface area contributed by atoms with Crippen molar-refractivity contribution in [2.75, 3.05) is 0 Å². The number of aromatic nitrogens is 4. The largest absolute Gasteiger partial charge is 0.308 e. The van der Waals surface area contributed by atoms with Gasteiger partial charge in [-0.1, -0.05) is 27.7 Å². The molecule has 0 spiro atoms. The average molecular weight is 225 g/mol. The molecule has 0 aliphatic carbocycles. The molecule has 0 aromatic carbocycles. The molecular weight excluding hydrogens is 202 g/mol. The van der Waals surface area contributed by atoms with Gasteiger partial charge in [0.2, 0.25) is 0 Å². The Balaban J connectivity index is 2.38. The Morgan fingerprint density at radius 3 is 2.62 bits per heavy atom. The molecule has 0 atom stereocenters. The molecule has 0 amide bonds. The van der Waals surface area contributed by atoms with Crippen molar-refractivity contribution in [1.82, 2.24) is 25.5 Å². The molecule has 5 heteroatoms. The van der Waals surface area contributed by atoms with Crippen LogP contribution >= 0.6 is 0 Å². The number of tetrazole rings is 1. The van der Waals surface area contributed by atoms with E-state index >= 15 is 0 Å². The number of aryl methyl sites for hydroxylation is 1. The fourth-order valence-corrected chi connectivity index (χ4v) is 1.47. The van der Waals surface area contributed by atoms with Crippen LogP contribution in [0.5, 0.6) is 0 Å². The zero-order valence-corrected chi connectivity index (χ0v) is 10.8. The molecule has 1 aromatic rings. The molecular formula is C11H23N5. The number of hydrogen-bond donors (Lipinski definition) is 1. The van der Waals surface area contributed by atoms with Gasteiger partial charge in [0.25, 0.3) is 0 Å². The topological polar surface area (TPSA) is 55.6 Å². The molecule has 0 saturated heterocycles. The van der Waals surface area contributed by atoms with Crippen molar-refractivity contribution >= 4 is 0 Å². The fourth-order valence-electron chi connectivity index (χ4n) is 1.47. The lowest BCUT2D eigenvalue weighted by Crippen LogP contribution is -2.24. The molecule has 0 aliphatic heterocycles. The van der Waals surface area contributed by atoms with Crippen LogP contribution in [-0.2, 0) is 13.1 Å². The van der Waals surface area contributed by atoms with Crippen molar-refractivity contribution < 1.29 is 0 Å². The van der Waals surface area contributed by atoms with E-state index in [1.54, 1.807) is 0 Å². The summed E-state index contributed by atoms with van der Waals surface area (Å²) in [5.74, 6) is 1.67. The van der Waals surface area contributed by atoms with E-state index in [0.29, 0.717) is 6.04 Å². The standard InChI is InChI=1S/C11H23N5/c1-9(2)6-5-7-16-11(13-14-15-16)8-12-10(3)4/h9-10,12H,5-8H2,1-4H3. The van der Waals surface area contributed by atoms with Crippen molar-refractivity contribution in [3.63, 3.8) is 0 Å². The van der Waals surface area contributed by atoms with Crippen LogP contribution in [0.4, 0.5) is 0 Å². The van der Waals surface area contributed by atoms with Gasteiger partial charge in [-0.25, -0.2) is 4.68 Å². The summed E-state index contributed by atoms with van der Waals surface area (Å²) in [6.45, 7) is 10.4. The van der Waals surface area contributed by atoms with Crippen LogP contribution in [0.25, 0.3) is 0 Å². The third-order valence-electron chi connectivity index (χ3n) is 2.43. The van der Waals surface area contributed by atoms with Crippen LogP contribution in [0.3, 0.4) is 0 Å². The number of rotatable bonds is 7. The van der Waals surface area contributed by atoms with E-state index < -0.39 is 0 Å². The molecule has 1 N–H and O–H groups in total. The van der Waals surface area contributed by atoms with Gasteiger partial charge in [-0.3, -0.25) is 0 Å². The van der Waals surface area contributed by atoms with Crippen molar-refractivity contribution in [1.29, 1.82) is 0 Å². The minimum atomic E-state index is 0.459. The average Bonchev–Trinajstić information content (AvgIpc) is 2.62. The molecule has 1 aromatic heterocycles. The van der Waals surface area contributed by atoms with Crippen LogP contribution in [0.15, 0.2) is 0 Å². The van der Waals surface area contributed by atoms with E-state index in [1.807, 2.05) is 4.68 Å². The summed E-state index contributed by atoms with van der Waals surface area (Å²) in [6.07, 6.45) is 2.36. The lowest BCUT2D eigenvalue weighted by Gasteiger charge is -2.09. The molecule has 0 fully saturated rings. The first kappa shape index (κ1) is 13.1. The van der Waals surface area contributed by atoms with Gasteiger partial charge in [-0.2, -0.15) is 0 Å². The van der Waals surface area contributed by atoms with E-state index in [2.05, 4.69) is 48.5 Å². The summed E-state index contributed by atoms with van der Waals surface area (Å²) in [7, 11) is 0. The molecule has 16 heavy (non-hydrogen) atoms. The van der Waals surface area contributed by atoms with Crippen LogP contribution in [0.2, 0.25) is 0 Å². The lowest BCUT2D eigenvalue weighted by atomic mass is 10.1. The van der Waals surface area contributed by atoms with Gasteiger partial charge < -0.3 is 5.32 Å². The second kappa shape index (κ2) is 6.58. The summed E-state index contributed by atoms with van der Waals surface area (Å²) in [5, 5.41) is 15.1. The smallest absolute Gasteiger partial charge is 0.165 e. The summed E-state index contributed by atoms with van der Waals surface area (Å²) >= 11 is 0. The summed E-state index contributed by atoms with van der Waals surface area (Å²) < 4.78 is 1.90. The molecule has 0 aliphatic rings. The van der Waals surface area contributed by atoms with Gasteiger partial charge in [0.1, 0.15) is 0 Å². The first-order chi connectivity index (χ1) is 7.59. The Morgan fingerprint density at radius 2 is 2.00 bits per heavy atom. The highest BCUT2D eigenvalue weighted by Gasteiger charge is 2.06. The van der Waals surface area contributed by atoms with Crippen LogP contribution in [-0.4, -0.2) is 26.2 Å². The van der Waals surface area contributed by atoms with Crippen LogP contribution in [0.1, 0.15) is 46.4 Å². The SMILES string of the molecule is CC(C)CCCn1nnnc1CNC(C)C. The molecule has 1 heterocycles. The summed E-state index contributed by atoms with van der Waals surface area (Å²) in [4.78, 5) is 0. The van der Waals surface area contributed by atoms with Gasteiger partial charge in [-0.05, 0) is 29.2 Å². The van der Waals surface area contributed by atoms with Crippen molar-refractivity contribution in [3.8, 4) is 0 Å². The highest BCUT2D eigenvalue weighted by molar-refractivity contribution is 4.80. The maximum atomic E-state index is 4.03. The number of hydrogen-bond acceptors (Lipinski definition) is 4. The van der Waals surface area contributed by atoms with E-state index in [0.717, 1.165) is 31.3 Å².